The summed E-state index contributed by atoms with van der Waals surface area (Å²) >= 11 is 9.94. The molecule has 2 aromatic rings. The fourth-order valence-corrected chi connectivity index (χ4v) is 4.51. The number of aryl methyl sites for hydroxylation is 1. The van der Waals surface area contributed by atoms with Crippen molar-refractivity contribution in [1.29, 1.82) is 0 Å². The monoisotopic (exact) mass is 449 g/mol. The van der Waals surface area contributed by atoms with Crippen molar-refractivity contribution in [2.45, 2.75) is 37.8 Å². The van der Waals surface area contributed by atoms with Crippen LogP contribution in [-0.4, -0.2) is 30.6 Å². The first-order valence-corrected chi connectivity index (χ1v) is 10.3. The molecule has 2 atom stereocenters. The van der Waals surface area contributed by atoms with Crippen LogP contribution in [0.1, 0.15) is 36.4 Å². The van der Waals surface area contributed by atoms with Crippen molar-refractivity contribution in [2.75, 3.05) is 13.7 Å². The lowest BCUT2D eigenvalue weighted by Crippen LogP contribution is -2.36. The number of pyridine rings is 1. The van der Waals surface area contributed by atoms with E-state index in [2.05, 4.69) is 32.6 Å². The third-order valence-corrected chi connectivity index (χ3v) is 6.57. The SMILES string of the molecule is COc1nc(-c2cccc(Br)c2Cl)cc2c1[C@H](NC[C@@H]1CCC(=O)N1)CC2. The Morgan fingerprint density at radius 1 is 1.37 bits per heavy atom. The molecule has 1 aliphatic heterocycles. The van der Waals surface area contributed by atoms with Gasteiger partial charge in [-0.15, -0.1) is 0 Å². The number of benzene rings is 1. The topological polar surface area (TPSA) is 63.2 Å². The summed E-state index contributed by atoms with van der Waals surface area (Å²) in [7, 11) is 1.65. The minimum absolute atomic E-state index is 0.142. The van der Waals surface area contributed by atoms with E-state index in [1.165, 1.54) is 5.56 Å². The number of hydrogen-bond acceptors (Lipinski definition) is 4. The van der Waals surface area contributed by atoms with Crippen molar-refractivity contribution in [3.63, 3.8) is 0 Å². The maximum absolute atomic E-state index is 11.4. The van der Waals surface area contributed by atoms with Gasteiger partial charge in [0.05, 0.1) is 17.8 Å². The van der Waals surface area contributed by atoms with E-state index in [1.54, 1.807) is 7.11 Å². The van der Waals surface area contributed by atoms with Crippen molar-refractivity contribution >= 4 is 33.4 Å². The molecule has 4 rings (SSSR count). The first-order chi connectivity index (χ1) is 13.1. The number of hydrogen-bond donors (Lipinski definition) is 2. The lowest BCUT2D eigenvalue weighted by molar-refractivity contribution is -0.119. The zero-order chi connectivity index (χ0) is 19.0. The van der Waals surface area contributed by atoms with E-state index in [1.807, 2.05) is 18.2 Å². The van der Waals surface area contributed by atoms with Gasteiger partial charge < -0.3 is 15.4 Å². The van der Waals surface area contributed by atoms with Crippen LogP contribution in [0.15, 0.2) is 28.7 Å². The van der Waals surface area contributed by atoms with E-state index in [0.717, 1.165) is 47.1 Å². The minimum Gasteiger partial charge on any atom is -0.481 e. The van der Waals surface area contributed by atoms with Crippen LogP contribution in [0.2, 0.25) is 5.02 Å². The summed E-state index contributed by atoms with van der Waals surface area (Å²) in [5.74, 6) is 0.785. The molecule has 27 heavy (non-hydrogen) atoms. The molecule has 1 aromatic carbocycles. The average Bonchev–Trinajstić information content (AvgIpc) is 3.27. The van der Waals surface area contributed by atoms with Crippen molar-refractivity contribution in [1.82, 2.24) is 15.6 Å². The van der Waals surface area contributed by atoms with Gasteiger partial charge in [-0.25, -0.2) is 4.98 Å². The first kappa shape index (κ1) is 18.7. The second kappa shape index (κ2) is 7.78. The number of carbonyl (C=O) groups is 1. The maximum Gasteiger partial charge on any atom is 0.220 e. The molecular formula is C20H21BrClN3O2. The largest absolute Gasteiger partial charge is 0.481 e. The van der Waals surface area contributed by atoms with Crippen LogP contribution in [0.25, 0.3) is 11.3 Å². The summed E-state index contributed by atoms with van der Waals surface area (Å²) in [6, 6.07) is 8.34. The quantitative estimate of drug-likeness (QED) is 0.722. The second-order valence-electron chi connectivity index (χ2n) is 6.99. The van der Waals surface area contributed by atoms with Gasteiger partial charge in [0.25, 0.3) is 0 Å². The molecule has 7 heteroatoms. The van der Waals surface area contributed by atoms with Crippen molar-refractivity contribution in [3.8, 4) is 17.1 Å². The number of carbonyl (C=O) groups excluding carboxylic acids is 1. The van der Waals surface area contributed by atoms with Gasteiger partial charge in [0, 0.05) is 40.6 Å². The predicted octanol–water partition coefficient (Wildman–Crippen LogP) is 4.03. The Hall–Kier alpha value is -1.63. The Kier molecular flexibility index (Phi) is 5.39. The van der Waals surface area contributed by atoms with Crippen molar-refractivity contribution in [3.05, 3.63) is 44.9 Å². The zero-order valence-corrected chi connectivity index (χ0v) is 17.4. The van der Waals surface area contributed by atoms with Gasteiger partial charge in [-0.3, -0.25) is 4.79 Å². The Morgan fingerprint density at radius 2 is 2.22 bits per heavy atom. The molecule has 1 saturated heterocycles. The number of rotatable bonds is 5. The van der Waals surface area contributed by atoms with Gasteiger partial charge >= 0.3 is 0 Å². The van der Waals surface area contributed by atoms with E-state index in [4.69, 9.17) is 21.3 Å². The van der Waals surface area contributed by atoms with Gasteiger partial charge in [-0.1, -0.05) is 23.7 Å². The van der Waals surface area contributed by atoms with Crippen LogP contribution in [0.4, 0.5) is 0 Å². The lowest BCUT2D eigenvalue weighted by Gasteiger charge is -2.19. The van der Waals surface area contributed by atoms with Crippen LogP contribution < -0.4 is 15.4 Å². The van der Waals surface area contributed by atoms with Crippen molar-refractivity contribution < 1.29 is 9.53 Å². The zero-order valence-electron chi connectivity index (χ0n) is 15.0. The molecule has 1 aromatic heterocycles. The molecule has 2 N–H and O–H groups in total. The molecule has 0 radical (unpaired) electrons. The average molecular weight is 451 g/mol. The normalized spacial score (nSPS) is 21.2. The molecule has 0 spiro atoms. The smallest absolute Gasteiger partial charge is 0.220 e. The molecule has 0 unspecified atom stereocenters. The Bertz CT molecular complexity index is 890. The summed E-state index contributed by atoms with van der Waals surface area (Å²) in [6.07, 6.45) is 3.46. The maximum atomic E-state index is 11.4. The van der Waals surface area contributed by atoms with Crippen LogP contribution >= 0.6 is 27.5 Å². The van der Waals surface area contributed by atoms with Crippen LogP contribution in [0.5, 0.6) is 5.88 Å². The molecule has 2 aliphatic rings. The first-order valence-electron chi connectivity index (χ1n) is 9.11. The van der Waals surface area contributed by atoms with Crippen LogP contribution in [0.3, 0.4) is 0 Å². The van der Waals surface area contributed by atoms with E-state index >= 15 is 0 Å². The molecule has 0 bridgehead atoms. The van der Waals surface area contributed by atoms with E-state index in [0.29, 0.717) is 17.3 Å². The molecule has 0 saturated carbocycles. The highest BCUT2D eigenvalue weighted by Crippen LogP contribution is 2.41. The summed E-state index contributed by atoms with van der Waals surface area (Å²) in [6.45, 7) is 0.762. The fraction of sp³-hybridized carbons (Fsp3) is 0.400. The number of fused-ring (bicyclic) bond motifs is 1. The molecule has 1 fully saturated rings. The van der Waals surface area contributed by atoms with Gasteiger partial charge in [-0.05, 0) is 52.9 Å². The van der Waals surface area contributed by atoms with E-state index < -0.39 is 0 Å². The molecule has 1 aliphatic carbocycles. The molecule has 142 valence electrons. The summed E-state index contributed by atoms with van der Waals surface area (Å²) in [5, 5.41) is 7.24. The molecular weight excluding hydrogens is 430 g/mol. The molecule has 2 heterocycles. The van der Waals surface area contributed by atoms with Gasteiger partial charge in [-0.2, -0.15) is 0 Å². The van der Waals surface area contributed by atoms with Gasteiger partial charge in [0.2, 0.25) is 11.8 Å². The summed E-state index contributed by atoms with van der Waals surface area (Å²) < 4.78 is 6.48. The van der Waals surface area contributed by atoms with E-state index in [-0.39, 0.29) is 18.0 Å². The minimum atomic E-state index is 0.142. The summed E-state index contributed by atoms with van der Waals surface area (Å²) in [4.78, 5) is 16.1. The third kappa shape index (κ3) is 3.71. The third-order valence-electron chi connectivity index (χ3n) is 5.28. The molecule has 1 amide bonds. The number of amides is 1. The molecule has 5 nitrogen and oxygen atoms in total. The summed E-state index contributed by atoms with van der Waals surface area (Å²) in [5.41, 5.74) is 4.07. The number of ether oxygens (including phenoxy) is 1. The standard InChI is InChI=1S/C20H21BrClN3O2/c1-27-20-18-11(5-7-15(18)23-10-12-6-8-17(26)24-12)9-16(25-20)13-3-2-4-14(21)19(13)22/h2-4,9,12,15,23H,5-8,10H2,1H3,(H,24,26)/t12-,15+/m0/s1. The Morgan fingerprint density at radius 3 is 2.96 bits per heavy atom. The highest BCUT2D eigenvalue weighted by molar-refractivity contribution is 9.10. The Labute approximate surface area is 172 Å². The number of nitrogens with one attached hydrogen (secondary N) is 2. The van der Waals surface area contributed by atoms with Gasteiger partial charge in [0.15, 0.2) is 0 Å². The number of methoxy groups -OCH3 is 1. The highest BCUT2D eigenvalue weighted by atomic mass is 79.9. The van der Waals surface area contributed by atoms with Crippen LogP contribution in [-0.2, 0) is 11.2 Å². The highest BCUT2D eigenvalue weighted by Gasteiger charge is 2.30. The van der Waals surface area contributed by atoms with E-state index in [9.17, 15) is 4.79 Å². The van der Waals surface area contributed by atoms with Crippen molar-refractivity contribution in [2.24, 2.45) is 0 Å². The number of aromatic nitrogens is 1. The predicted molar refractivity (Wildman–Crippen MR) is 109 cm³/mol. The second-order valence-corrected chi connectivity index (χ2v) is 8.23. The number of halogens is 2. The van der Waals surface area contributed by atoms with Crippen LogP contribution in [0, 0.1) is 0 Å². The Balaban J connectivity index is 1.60. The lowest BCUT2D eigenvalue weighted by atomic mass is 10.0. The number of nitrogens with zero attached hydrogens (tertiary/aromatic N) is 1. The fourth-order valence-electron chi connectivity index (χ4n) is 3.92. The van der Waals surface area contributed by atoms with Gasteiger partial charge in [0.1, 0.15) is 0 Å².